The second-order valence-corrected chi connectivity index (χ2v) is 5.09. The summed E-state index contributed by atoms with van der Waals surface area (Å²) in [6, 6.07) is 7.44. The summed E-state index contributed by atoms with van der Waals surface area (Å²) in [6.07, 6.45) is 0.890. The fourth-order valence-corrected chi connectivity index (χ4v) is 2.03. The van der Waals surface area contributed by atoms with Gasteiger partial charge in [-0.15, -0.1) is 0 Å². The maximum absolute atomic E-state index is 9.01. The maximum atomic E-state index is 9.01. The van der Waals surface area contributed by atoms with Crippen LogP contribution in [0.3, 0.4) is 0 Å². The summed E-state index contributed by atoms with van der Waals surface area (Å²) >= 11 is 4.90. The normalized spacial score (nSPS) is 10.8. The van der Waals surface area contributed by atoms with Crippen LogP contribution in [0.25, 0.3) is 0 Å². The molecular weight excluding hydrogens is 288 g/mol. The van der Waals surface area contributed by atoms with Crippen LogP contribution in [-0.4, -0.2) is 61.6 Å². The van der Waals surface area contributed by atoms with Crippen molar-refractivity contribution in [1.29, 1.82) is 0 Å². The molecule has 0 aliphatic heterocycles. The van der Waals surface area contributed by atoms with Crippen molar-refractivity contribution < 1.29 is 14.6 Å². The van der Waals surface area contributed by atoms with Crippen LogP contribution < -0.4 is 10.5 Å². The van der Waals surface area contributed by atoms with E-state index in [0.717, 1.165) is 30.8 Å². The lowest BCUT2D eigenvalue weighted by Crippen LogP contribution is -2.32. The Morgan fingerprint density at radius 2 is 1.90 bits per heavy atom. The minimum Gasteiger partial charge on any atom is -0.494 e. The van der Waals surface area contributed by atoms with Gasteiger partial charge in [0.15, 0.2) is 0 Å². The fraction of sp³-hybridized carbons (Fsp3) is 0.533. The molecular formula is C15H24N2O3S. The van der Waals surface area contributed by atoms with Crippen molar-refractivity contribution in [2.45, 2.75) is 6.42 Å². The molecule has 3 N–H and O–H groups in total. The third kappa shape index (κ3) is 7.38. The van der Waals surface area contributed by atoms with E-state index >= 15 is 0 Å². The van der Waals surface area contributed by atoms with Crippen molar-refractivity contribution in [1.82, 2.24) is 4.90 Å². The van der Waals surface area contributed by atoms with E-state index in [0.29, 0.717) is 24.7 Å². The zero-order valence-electron chi connectivity index (χ0n) is 12.5. The predicted molar refractivity (Wildman–Crippen MR) is 87.8 cm³/mol. The van der Waals surface area contributed by atoms with Crippen LogP contribution in [0.1, 0.15) is 12.0 Å². The van der Waals surface area contributed by atoms with Gasteiger partial charge in [-0.05, 0) is 30.7 Å². The van der Waals surface area contributed by atoms with Crippen LogP contribution in [0.15, 0.2) is 24.3 Å². The van der Waals surface area contributed by atoms with Crippen molar-refractivity contribution in [2.24, 2.45) is 5.73 Å². The standard InChI is InChI=1S/C15H24N2O3S/c1-19-12-9-17(8-10-18)7-2-11-20-14-5-3-13(4-6-14)15(16)21/h3-6,18H,2,7-12H2,1H3,(H2,16,21). The first kappa shape index (κ1) is 17.8. The molecule has 0 radical (unpaired) electrons. The van der Waals surface area contributed by atoms with Crippen molar-refractivity contribution >= 4 is 17.2 Å². The molecule has 0 aliphatic rings. The van der Waals surface area contributed by atoms with Crippen molar-refractivity contribution in [2.75, 3.05) is 46.6 Å². The van der Waals surface area contributed by atoms with Gasteiger partial charge in [-0.2, -0.15) is 0 Å². The second-order valence-electron chi connectivity index (χ2n) is 4.65. The third-order valence-corrected chi connectivity index (χ3v) is 3.29. The zero-order chi connectivity index (χ0) is 15.5. The molecule has 0 aromatic heterocycles. The number of rotatable bonds is 11. The number of nitrogens with zero attached hydrogens (tertiary/aromatic N) is 1. The van der Waals surface area contributed by atoms with Crippen molar-refractivity contribution in [3.05, 3.63) is 29.8 Å². The van der Waals surface area contributed by atoms with E-state index in [1.54, 1.807) is 7.11 Å². The van der Waals surface area contributed by atoms with E-state index in [4.69, 9.17) is 32.5 Å². The Hall–Kier alpha value is -1.21. The third-order valence-electron chi connectivity index (χ3n) is 3.05. The van der Waals surface area contributed by atoms with Gasteiger partial charge in [0.05, 0.1) is 19.8 Å². The summed E-state index contributed by atoms with van der Waals surface area (Å²) in [5.74, 6) is 0.806. The molecule has 0 bridgehead atoms. The fourth-order valence-electron chi connectivity index (χ4n) is 1.89. The molecule has 1 aromatic rings. The van der Waals surface area contributed by atoms with E-state index in [2.05, 4.69) is 4.90 Å². The molecule has 1 rings (SSSR count). The molecule has 5 nitrogen and oxygen atoms in total. The molecule has 0 heterocycles. The number of aliphatic hydroxyl groups excluding tert-OH is 1. The van der Waals surface area contributed by atoms with Crippen molar-refractivity contribution in [3.8, 4) is 5.75 Å². The first-order valence-corrected chi connectivity index (χ1v) is 7.43. The van der Waals surface area contributed by atoms with E-state index < -0.39 is 0 Å². The van der Waals surface area contributed by atoms with Crippen LogP contribution >= 0.6 is 12.2 Å². The van der Waals surface area contributed by atoms with Crippen LogP contribution in [0.2, 0.25) is 0 Å². The minimum atomic E-state index is 0.158. The average molecular weight is 312 g/mol. The molecule has 0 aliphatic carbocycles. The lowest BCUT2D eigenvalue weighted by Gasteiger charge is -2.20. The molecule has 0 saturated heterocycles. The number of nitrogens with two attached hydrogens (primary N) is 1. The lowest BCUT2D eigenvalue weighted by molar-refractivity contribution is 0.126. The largest absolute Gasteiger partial charge is 0.494 e. The molecule has 0 atom stereocenters. The van der Waals surface area contributed by atoms with Crippen LogP contribution in [-0.2, 0) is 4.74 Å². The highest BCUT2D eigenvalue weighted by Gasteiger charge is 2.04. The number of hydrogen-bond acceptors (Lipinski definition) is 5. The Bertz CT molecular complexity index is 412. The quantitative estimate of drug-likeness (QED) is 0.470. The molecule has 0 fully saturated rings. The Balaban J connectivity index is 2.26. The van der Waals surface area contributed by atoms with E-state index in [1.165, 1.54) is 0 Å². The minimum absolute atomic E-state index is 0.158. The number of methoxy groups -OCH3 is 1. The first-order valence-electron chi connectivity index (χ1n) is 7.02. The number of thiocarbonyl (C=S) groups is 1. The Morgan fingerprint density at radius 3 is 2.48 bits per heavy atom. The van der Waals surface area contributed by atoms with E-state index in [1.807, 2.05) is 24.3 Å². The summed E-state index contributed by atoms with van der Waals surface area (Å²) < 4.78 is 10.7. The lowest BCUT2D eigenvalue weighted by atomic mass is 10.2. The van der Waals surface area contributed by atoms with Crippen LogP contribution in [0.5, 0.6) is 5.75 Å². The molecule has 118 valence electrons. The highest BCUT2D eigenvalue weighted by atomic mass is 32.1. The van der Waals surface area contributed by atoms with Gasteiger partial charge in [-0.25, -0.2) is 0 Å². The summed E-state index contributed by atoms with van der Waals surface area (Å²) in [6.45, 7) is 3.80. The Morgan fingerprint density at radius 1 is 1.19 bits per heavy atom. The summed E-state index contributed by atoms with van der Waals surface area (Å²) in [7, 11) is 1.68. The summed E-state index contributed by atoms with van der Waals surface area (Å²) in [5, 5.41) is 9.01. The molecule has 6 heteroatoms. The highest BCUT2D eigenvalue weighted by Crippen LogP contribution is 2.12. The Kier molecular flexibility index (Phi) is 8.93. The van der Waals surface area contributed by atoms with Gasteiger partial charge in [0, 0.05) is 32.3 Å². The smallest absolute Gasteiger partial charge is 0.119 e. The summed E-state index contributed by atoms with van der Waals surface area (Å²) in [5.41, 5.74) is 6.38. The van der Waals surface area contributed by atoms with Gasteiger partial charge in [0.1, 0.15) is 10.7 Å². The Labute approximate surface area is 131 Å². The predicted octanol–water partition coefficient (Wildman–Crippen LogP) is 1.03. The molecule has 21 heavy (non-hydrogen) atoms. The monoisotopic (exact) mass is 312 g/mol. The average Bonchev–Trinajstić information content (AvgIpc) is 2.49. The van der Waals surface area contributed by atoms with E-state index in [-0.39, 0.29) is 6.61 Å². The van der Waals surface area contributed by atoms with Gasteiger partial charge >= 0.3 is 0 Å². The number of benzene rings is 1. The SMILES string of the molecule is COCCN(CCO)CCCOc1ccc(C(N)=S)cc1. The zero-order valence-corrected chi connectivity index (χ0v) is 13.3. The van der Waals surface area contributed by atoms with Gasteiger partial charge in [-0.1, -0.05) is 12.2 Å². The van der Waals surface area contributed by atoms with Gasteiger partial charge in [-0.3, -0.25) is 4.90 Å². The first-order chi connectivity index (χ1) is 10.2. The number of hydrogen-bond donors (Lipinski definition) is 2. The maximum Gasteiger partial charge on any atom is 0.119 e. The second kappa shape index (κ2) is 10.5. The molecule has 0 amide bonds. The van der Waals surface area contributed by atoms with Crippen molar-refractivity contribution in [3.63, 3.8) is 0 Å². The topological polar surface area (TPSA) is 68.0 Å². The van der Waals surface area contributed by atoms with Gasteiger partial charge in [0.25, 0.3) is 0 Å². The van der Waals surface area contributed by atoms with Crippen LogP contribution in [0, 0.1) is 0 Å². The van der Waals surface area contributed by atoms with Gasteiger partial charge in [0.2, 0.25) is 0 Å². The van der Waals surface area contributed by atoms with E-state index in [9.17, 15) is 0 Å². The molecule has 0 spiro atoms. The van der Waals surface area contributed by atoms with Crippen LogP contribution in [0.4, 0.5) is 0 Å². The number of ether oxygens (including phenoxy) is 2. The summed E-state index contributed by atoms with van der Waals surface area (Å²) in [4.78, 5) is 2.54. The molecule has 0 saturated carbocycles. The van der Waals surface area contributed by atoms with Gasteiger partial charge < -0.3 is 20.3 Å². The number of aliphatic hydroxyl groups is 1. The highest BCUT2D eigenvalue weighted by molar-refractivity contribution is 7.80. The molecule has 1 aromatic carbocycles. The molecule has 0 unspecified atom stereocenters.